The molecule has 0 heterocycles. The van der Waals surface area contributed by atoms with E-state index < -0.39 is 9.84 Å². The highest BCUT2D eigenvalue weighted by Gasteiger charge is 2.13. The minimum Gasteiger partial charge on any atom is -0.397 e. The second kappa shape index (κ2) is 7.87. The standard InChI is InChI=1S/C13H18Cl2N2O3S/c1-2-5-21(19,20)6-3-4-12(18)17-13-10(15)7-9(14)8-11(13)16/h7-8H,2-6,16H2,1H3,(H,17,18). The van der Waals surface area contributed by atoms with E-state index in [2.05, 4.69) is 5.32 Å². The zero-order chi connectivity index (χ0) is 16.0. The van der Waals surface area contributed by atoms with Crippen LogP contribution in [0.1, 0.15) is 26.2 Å². The third kappa shape index (κ3) is 6.11. The number of carbonyl (C=O) groups excluding carboxylic acids is 1. The monoisotopic (exact) mass is 352 g/mol. The highest BCUT2D eigenvalue weighted by atomic mass is 35.5. The van der Waals surface area contributed by atoms with E-state index in [0.717, 1.165) is 0 Å². The Morgan fingerprint density at radius 1 is 1.29 bits per heavy atom. The first kappa shape index (κ1) is 18.1. The molecule has 1 aromatic rings. The predicted octanol–water partition coefficient (Wildman–Crippen LogP) is 3.12. The molecular weight excluding hydrogens is 335 g/mol. The lowest BCUT2D eigenvalue weighted by atomic mass is 10.2. The first-order chi connectivity index (χ1) is 9.75. The summed E-state index contributed by atoms with van der Waals surface area (Å²) in [6.07, 6.45) is 0.923. The molecule has 0 aliphatic carbocycles. The normalized spacial score (nSPS) is 11.4. The van der Waals surface area contributed by atoms with Crippen molar-refractivity contribution < 1.29 is 13.2 Å². The van der Waals surface area contributed by atoms with Crippen LogP contribution < -0.4 is 11.1 Å². The van der Waals surface area contributed by atoms with Crippen LogP contribution in [0, 0.1) is 0 Å². The molecule has 0 aliphatic rings. The average molecular weight is 353 g/mol. The van der Waals surface area contributed by atoms with E-state index in [1.807, 2.05) is 0 Å². The minimum atomic E-state index is -3.07. The molecule has 118 valence electrons. The summed E-state index contributed by atoms with van der Waals surface area (Å²) in [7, 11) is -3.07. The number of halogens is 2. The third-order valence-corrected chi connectivity index (χ3v) is 5.18. The van der Waals surface area contributed by atoms with Crippen molar-refractivity contribution in [2.24, 2.45) is 0 Å². The van der Waals surface area contributed by atoms with Gasteiger partial charge in [0.25, 0.3) is 0 Å². The lowest BCUT2D eigenvalue weighted by molar-refractivity contribution is -0.116. The van der Waals surface area contributed by atoms with Crippen molar-refractivity contribution >= 4 is 50.3 Å². The molecule has 0 saturated heterocycles. The van der Waals surface area contributed by atoms with Crippen molar-refractivity contribution in [3.05, 3.63) is 22.2 Å². The second-order valence-corrected chi connectivity index (χ2v) is 7.80. The van der Waals surface area contributed by atoms with Gasteiger partial charge in [0.15, 0.2) is 0 Å². The van der Waals surface area contributed by atoms with Gasteiger partial charge in [-0.25, -0.2) is 8.42 Å². The SMILES string of the molecule is CCCS(=O)(=O)CCCC(=O)Nc1c(N)cc(Cl)cc1Cl. The highest BCUT2D eigenvalue weighted by molar-refractivity contribution is 7.91. The van der Waals surface area contributed by atoms with Crippen LogP contribution in [0.25, 0.3) is 0 Å². The Morgan fingerprint density at radius 2 is 1.95 bits per heavy atom. The summed E-state index contributed by atoms with van der Waals surface area (Å²) in [5.74, 6) is -0.194. The first-order valence-electron chi connectivity index (χ1n) is 6.50. The molecule has 0 atom stereocenters. The molecule has 0 radical (unpaired) electrons. The van der Waals surface area contributed by atoms with Gasteiger partial charge in [-0.05, 0) is 25.0 Å². The first-order valence-corrected chi connectivity index (χ1v) is 9.07. The van der Waals surface area contributed by atoms with E-state index in [9.17, 15) is 13.2 Å². The van der Waals surface area contributed by atoms with Gasteiger partial charge in [-0.3, -0.25) is 4.79 Å². The van der Waals surface area contributed by atoms with E-state index in [1.165, 1.54) is 12.1 Å². The summed E-state index contributed by atoms with van der Waals surface area (Å²) in [4.78, 5) is 11.8. The molecule has 0 aliphatic heterocycles. The lowest BCUT2D eigenvalue weighted by Crippen LogP contribution is -2.16. The van der Waals surface area contributed by atoms with E-state index in [0.29, 0.717) is 17.1 Å². The van der Waals surface area contributed by atoms with Gasteiger partial charge in [0, 0.05) is 17.2 Å². The number of hydrogen-bond donors (Lipinski definition) is 2. The quantitative estimate of drug-likeness (QED) is 0.737. The number of amides is 1. The molecule has 0 spiro atoms. The van der Waals surface area contributed by atoms with Crippen LogP contribution in [0.4, 0.5) is 11.4 Å². The molecule has 21 heavy (non-hydrogen) atoms. The molecule has 3 N–H and O–H groups in total. The maximum Gasteiger partial charge on any atom is 0.224 e. The average Bonchev–Trinajstić information content (AvgIpc) is 2.33. The summed E-state index contributed by atoms with van der Waals surface area (Å²) in [6.45, 7) is 1.80. The molecule has 1 amide bonds. The van der Waals surface area contributed by atoms with E-state index in [1.54, 1.807) is 6.92 Å². The maximum atomic E-state index is 11.8. The van der Waals surface area contributed by atoms with Gasteiger partial charge >= 0.3 is 0 Å². The highest BCUT2D eigenvalue weighted by Crippen LogP contribution is 2.32. The Balaban J connectivity index is 2.56. The molecular formula is C13H18Cl2N2O3S. The van der Waals surface area contributed by atoms with Crippen molar-refractivity contribution in [2.75, 3.05) is 22.6 Å². The van der Waals surface area contributed by atoms with Crippen molar-refractivity contribution in [2.45, 2.75) is 26.2 Å². The molecule has 0 bridgehead atoms. The number of benzene rings is 1. The lowest BCUT2D eigenvalue weighted by Gasteiger charge is -2.10. The summed E-state index contributed by atoms with van der Waals surface area (Å²) in [5.41, 5.74) is 6.29. The van der Waals surface area contributed by atoms with Gasteiger partial charge in [0.2, 0.25) is 5.91 Å². The number of nitrogen functional groups attached to an aromatic ring is 1. The fourth-order valence-electron chi connectivity index (χ4n) is 1.79. The topological polar surface area (TPSA) is 89.3 Å². The number of hydrogen-bond acceptors (Lipinski definition) is 4. The Hall–Kier alpha value is -0.980. The largest absolute Gasteiger partial charge is 0.397 e. The van der Waals surface area contributed by atoms with Crippen LogP contribution in [-0.2, 0) is 14.6 Å². The summed E-state index contributed by atoms with van der Waals surface area (Å²) >= 11 is 11.7. The number of anilines is 2. The van der Waals surface area contributed by atoms with Gasteiger partial charge in [-0.1, -0.05) is 30.1 Å². The van der Waals surface area contributed by atoms with Crippen molar-refractivity contribution in [3.63, 3.8) is 0 Å². The summed E-state index contributed by atoms with van der Waals surface area (Å²) in [6, 6.07) is 2.95. The molecule has 0 saturated carbocycles. The van der Waals surface area contributed by atoms with Crippen LogP contribution >= 0.6 is 23.2 Å². The van der Waals surface area contributed by atoms with Gasteiger partial charge in [0.1, 0.15) is 9.84 Å². The van der Waals surface area contributed by atoms with Crippen LogP contribution in [0.3, 0.4) is 0 Å². The van der Waals surface area contributed by atoms with Crippen molar-refractivity contribution in [3.8, 4) is 0 Å². The van der Waals surface area contributed by atoms with E-state index in [-0.39, 0.29) is 41.0 Å². The minimum absolute atomic E-state index is 0.00189. The fourth-order valence-corrected chi connectivity index (χ4v) is 3.76. The van der Waals surface area contributed by atoms with E-state index in [4.69, 9.17) is 28.9 Å². The molecule has 1 rings (SSSR count). The Morgan fingerprint density at radius 3 is 2.52 bits per heavy atom. The smallest absolute Gasteiger partial charge is 0.224 e. The summed E-state index contributed by atoms with van der Waals surface area (Å²) in [5, 5.41) is 3.19. The molecule has 0 aromatic heterocycles. The molecule has 5 nitrogen and oxygen atoms in total. The number of rotatable bonds is 7. The van der Waals surface area contributed by atoms with Gasteiger partial charge in [-0.15, -0.1) is 0 Å². The fraction of sp³-hybridized carbons (Fsp3) is 0.462. The van der Waals surface area contributed by atoms with E-state index >= 15 is 0 Å². The maximum absolute atomic E-state index is 11.8. The second-order valence-electron chi connectivity index (χ2n) is 4.66. The van der Waals surface area contributed by atoms with Crippen LogP contribution in [0.15, 0.2) is 12.1 Å². The number of nitrogens with one attached hydrogen (secondary N) is 1. The predicted molar refractivity (Wildman–Crippen MR) is 87.7 cm³/mol. The van der Waals surface area contributed by atoms with Crippen LogP contribution in [-0.4, -0.2) is 25.8 Å². The van der Waals surface area contributed by atoms with Gasteiger partial charge in [0.05, 0.1) is 22.2 Å². The van der Waals surface area contributed by atoms with Gasteiger partial charge < -0.3 is 11.1 Å². The molecule has 0 unspecified atom stereocenters. The Bertz CT molecular complexity index is 595. The number of sulfone groups is 1. The Kier molecular flexibility index (Phi) is 6.77. The Labute approximate surface area is 134 Å². The third-order valence-electron chi connectivity index (χ3n) is 2.72. The zero-order valence-corrected chi connectivity index (χ0v) is 14.0. The van der Waals surface area contributed by atoms with Crippen molar-refractivity contribution in [1.29, 1.82) is 0 Å². The zero-order valence-electron chi connectivity index (χ0n) is 11.7. The van der Waals surface area contributed by atoms with Crippen LogP contribution in [0.5, 0.6) is 0 Å². The summed E-state index contributed by atoms with van der Waals surface area (Å²) < 4.78 is 23.1. The van der Waals surface area contributed by atoms with Gasteiger partial charge in [-0.2, -0.15) is 0 Å². The molecule has 0 fully saturated rings. The van der Waals surface area contributed by atoms with Crippen molar-refractivity contribution in [1.82, 2.24) is 0 Å². The molecule has 1 aromatic carbocycles. The number of carbonyl (C=O) groups is 1. The molecule has 8 heteroatoms. The number of nitrogens with two attached hydrogens (primary N) is 1. The van der Waals surface area contributed by atoms with Crippen LogP contribution in [0.2, 0.25) is 10.0 Å².